The SMILES string of the molecule is O=C(/C=C/O)c1c(-c2ccccc2)nn2ccccc12. The van der Waals surface area contributed by atoms with E-state index in [0.717, 1.165) is 23.4 Å². The van der Waals surface area contributed by atoms with E-state index < -0.39 is 0 Å². The van der Waals surface area contributed by atoms with Crippen molar-refractivity contribution in [3.63, 3.8) is 0 Å². The number of allylic oxidation sites excluding steroid dienone is 1. The van der Waals surface area contributed by atoms with Crippen molar-refractivity contribution in [2.24, 2.45) is 0 Å². The third-order valence-electron chi connectivity index (χ3n) is 3.06. The molecule has 0 aliphatic heterocycles. The Morgan fingerprint density at radius 3 is 2.60 bits per heavy atom. The molecule has 98 valence electrons. The summed E-state index contributed by atoms with van der Waals surface area (Å²) in [6.07, 6.45) is 3.68. The van der Waals surface area contributed by atoms with Gasteiger partial charge in [0.1, 0.15) is 5.69 Å². The van der Waals surface area contributed by atoms with Crippen LogP contribution in [-0.2, 0) is 0 Å². The number of ketones is 1. The van der Waals surface area contributed by atoms with Crippen LogP contribution in [0.2, 0.25) is 0 Å². The van der Waals surface area contributed by atoms with Gasteiger partial charge in [-0.25, -0.2) is 4.52 Å². The fourth-order valence-electron chi connectivity index (χ4n) is 2.19. The van der Waals surface area contributed by atoms with Gasteiger partial charge in [0.15, 0.2) is 5.78 Å². The van der Waals surface area contributed by atoms with E-state index in [1.165, 1.54) is 0 Å². The molecular weight excluding hydrogens is 252 g/mol. The first-order chi connectivity index (χ1) is 9.81. The van der Waals surface area contributed by atoms with Gasteiger partial charge < -0.3 is 5.11 Å². The third-order valence-corrected chi connectivity index (χ3v) is 3.06. The van der Waals surface area contributed by atoms with Crippen LogP contribution in [0.15, 0.2) is 67.1 Å². The summed E-state index contributed by atoms with van der Waals surface area (Å²) in [6, 6.07) is 15.1. The number of hydrogen-bond donors (Lipinski definition) is 1. The summed E-state index contributed by atoms with van der Waals surface area (Å²) >= 11 is 0. The number of aromatic nitrogens is 2. The monoisotopic (exact) mass is 264 g/mol. The predicted octanol–water partition coefficient (Wildman–Crippen LogP) is 3.26. The molecule has 4 heteroatoms. The maximum Gasteiger partial charge on any atom is 0.193 e. The molecule has 0 saturated heterocycles. The van der Waals surface area contributed by atoms with Gasteiger partial charge in [-0.3, -0.25) is 4.79 Å². The number of nitrogens with zero attached hydrogens (tertiary/aromatic N) is 2. The molecular formula is C16H12N2O2. The van der Waals surface area contributed by atoms with Crippen molar-refractivity contribution in [1.82, 2.24) is 9.61 Å². The van der Waals surface area contributed by atoms with E-state index in [1.54, 1.807) is 10.7 Å². The summed E-state index contributed by atoms with van der Waals surface area (Å²) in [5.41, 5.74) is 2.68. The van der Waals surface area contributed by atoms with Crippen LogP contribution >= 0.6 is 0 Å². The number of aliphatic hydroxyl groups is 1. The number of carbonyl (C=O) groups is 1. The van der Waals surface area contributed by atoms with Crippen LogP contribution < -0.4 is 0 Å². The number of benzene rings is 1. The Bertz CT molecular complexity index is 789. The van der Waals surface area contributed by atoms with E-state index in [9.17, 15) is 4.79 Å². The summed E-state index contributed by atoms with van der Waals surface area (Å²) in [4.78, 5) is 12.2. The Labute approximate surface area is 115 Å². The van der Waals surface area contributed by atoms with Gasteiger partial charge in [-0.05, 0) is 12.1 Å². The van der Waals surface area contributed by atoms with Crippen molar-refractivity contribution in [3.05, 3.63) is 72.6 Å². The maximum absolute atomic E-state index is 12.2. The molecule has 0 fully saturated rings. The summed E-state index contributed by atoms with van der Waals surface area (Å²) in [5.74, 6) is -0.271. The Balaban J connectivity index is 2.31. The van der Waals surface area contributed by atoms with Crippen LogP contribution in [0, 0.1) is 0 Å². The minimum atomic E-state index is -0.271. The second-order valence-corrected chi connectivity index (χ2v) is 4.30. The molecule has 3 rings (SSSR count). The van der Waals surface area contributed by atoms with Crippen LogP contribution in [0.5, 0.6) is 0 Å². The molecule has 1 aromatic carbocycles. The zero-order chi connectivity index (χ0) is 13.9. The molecule has 0 unspecified atom stereocenters. The standard InChI is InChI=1S/C16H12N2O2/c19-11-9-14(20)15-13-8-4-5-10-18(13)17-16(15)12-6-2-1-3-7-12/h1-11,19H/b11-9+. The molecule has 0 bridgehead atoms. The van der Waals surface area contributed by atoms with Crippen LogP contribution in [0.1, 0.15) is 10.4 Å². The quantitative estimate of drug-likeness (QED) is 0.449. The molecule has 2 heterocycles. The molecule has 4 nitrogen and oxygen atoms in total. The van der Waals surface area contributed by atoms with Crippen LogP contribution in [0.3, 0.4) is 0 Å². The highest BCUT2D eigenvalue weighted by Gasteiger charge is 2.18. The largest absolute Gasteiger partial charge is 0.515 e. The Morgan fingerprint density at radius 2 is 1.85 bits per heavy atom. The average molecular weight is 264 g/mol. The molecule has 0 amide bonds. The highest BCUT2D eigenvalue weighted by molar-refractivity contribution is 6.13. The topological polar surface area (TPSA) is 54.6 Å². The van der Waals surface area contributed by atoms with Crippen LogP contribution in [0.4, 0.5) is 0 Å². The van der Waals surface area contributed by atoms with Gasteiger partial charge >= 0.3 is 0 Å². The zero-order valence-electron chi connectivity index (χ0n) is 10.6. The first-order valence-corrected chi connectivity index (χ1v) is 6.19. The minimum Gasteiger partial charge on any atom is -0.515 e. The number of fused-ring (bicyclic) bond motifs is 1. The van der Waals surface area contributed by atoms with Gasteiger partial charge in [-0.2, -0.15) is 5.10 Å². The molecule has 20 heavy (non-hydrogen) atoms. The molecule has 2 aromatic heterocycles. The Kier molecular flexibility index (Phi) is 3.05. The van der Waals surface area contributed by atoms with Crippen LogP contribution in [0.25, 0.3) is 16.8 Å². The number of rotatable bonds is 3. The van der Waals surface area contributed by atoms with Gasteiger partial charge in [-0.15, -0.1) is 0 Å². The lowest BCUT2D eigenvalue weighted by Gasteiger charge is -1.99. The predicted molar refractivity (Wildman–Crippen MR) is 76.7 cm³/mol. The smallest absolute Gasteiger partial charge is 0.193 e. The van der Waals surface area contributed by atoms with E-state index in [2.05, 4.69) is 5.10 Å². The lowest BCUT2D eigenvalue weighted by molar-refractivity contribution is 0.104. The highest BCUT2D eigenvalue weighted by Crippen LogP contribution is 2.26. The van der Waals surface area contributed by atoms with E-state index in [4.69, 9.17) is 5.11 Å². The highest BCUT2D eigenvalue weighted by atomic mass is 16.2. The average Bonchev–Trinajstić information content (AvgIpc) is 2.88. The molecule has 0 radical (unpaired) electrons. The van der Waals surface area contributed by atoms with Gasteiger partial charge in [-0.1, -0.05) is 36.4 Å². The number of carbonyl (C=O) groups excluding carboxylic acids is 1. The molecule has 0 atom stereocenters. The first-order valence-electron chi connectivity index (χ1n) is 6.19. The summed E-state index contributed by atoms with van der Waals surface area (Å²) in [7, 11) is 0. The second kappa shape index (κ2) is 5.01. The van der Waals surface area contributed by atoms with Crippen molar-refractivity contribution in [2.45, 2.75) is 0 Å². The number of pyridine rings is 1. The van der Waals surface area contributed by atoms with E-state index in [0.29, 0.717) is 11.3 Å². The summed E-state index contributed by atoms with van der Waals surface area (Å²) in [6.45, 7) is 0. The number of aliphatic hydroxyl groups excluding tert-OH is 1. The lowest BCUT2D eigenvalue weighted by atomic mass is 10.0. The van der Waals surface area contributed by atoms with Crippen LogP contribution in [-0.4, -0.2) is 20.5 Å². The molecule has 0 spiro atoms. The summed E-state index contributed by atoms with van der Waals surface area (Å²) < 4.78 is 1.67. The van der Waals surface area contributed by atoms with Crippen molar-refractivity contribution >= 4 is 11.3 Å². The zero-order valence-corrected chi connectivity index (χ0v) is 10.6. The van der Waals surface area contributed by atoms with Gasteiger partial charge in [0.05, 0.1) is 17.3 Å². The second-order valence-electron chi connectivity index (χ2n) is 4.30. The molecule has 0 saturated carbocycles. The summed E-state index contributed by atoms with van der Waals surface area (Å²) in [5, 5.41) is 13.3. The van der Waals surface area contributed by atoms with Gasteiger partial charge in [0, 0.05) is 17.8 Å². The normalized spacial score (nSPS) is 11.2. The van der Waals surface area contributed by atoms with E-state index in [1.807, 2.05) is 48.5 Å². The van der Waals surface area contributed by atoms with Crippen molar-refractivity contribution in [2.75, 3.05) is 0 Å². The maximum atomic E-state index is 12.2. The first kappa shape index (κ1) is 12.2. The Morgan fingerprint density at radius 1 is 1.10 bits per heavy atom. The fraction of sp³-hybridized carbons (Fsp3) is 0. The molecule has 3 aromatic rings. The molecule has 0 aliphatic carbocycles. The van der Waals surface area contributed by atoms with Crippen molar-refractivity contribution < 1.29 is 9.90 Å². The number of hydrogen-bond acceptors (Lipinski definition) is 3. The van der Waals surface area contributed by atoms with Gasteiger partial charge in [0.25, 0.3) is 0 Å². The van der Waals surface area contributed by atoms with Crippen molar-refractivity contribution in [1.29, 1.82) is 0 Å². The van der Waals surface area contributed by atoms with Crippen molar-refractivity contribution in [3.8, 4) is 11.3 Å². The van der Waals surface area contributed by atoms with Gasteiger partial charge in [0.2, 0.25) is 0 Å². The Hall–Kier alpha value is -2.88. The lowest BCUT2D eigenvalue weighted by Crippen LogP contribution is -1.96. The fourth-order valence-corrected chi connectivity index (χ4v) is 2.19. The molecule has 1 N–H and O–H groups in total. The minimum absolute atomic E-state index is 0.271. The van der Waals surface area contributed by atoms with E-state index >= 15 is 0 Å². The van der Waals surface area contributed by atoms with E-state index in [-0.39, 0.29) is 5.78 Å². The third kappa shape index (κ3) is 1.97. The molecule has 0 aliphatic rings.